The van der Waals surface area contributed by atoms with Gasteiger partial charge in [0.05, 0.1) is 0 Å². The number of rotatable bonds is 0. The minimum atomic E-state index is -2.40. The fraction of sp³-hybridized carbons (Fsp3) is 1.00. The van der Waals surface area contributed by atoms with Gasteiger partial charge in [0.15, 0.2) is 0 Å². The zero-order chi connectivity index (χ0) is 8.98. The lowest BCUT2D eigenvalue weighted by atomic mass is 9.82. The van der Waals surface area contributed by atoms with Crippen molar-refractivity contribution in [2.24, 2.45) is 17.1 Å². The van der Waals surface area contributed by atoms with Crippen molar-refractivity contribution in [2.75, 3.05) is 0 Å². The van der Waals surface area contributed by atoms with Gasteiger partial charge in [-0.3, -0.25) is 0 Å². The van der Waals surface area contributed by atoms with Gasteiger partial charge in [0.25, 0.3) is 5.92 Å². The summed E-state index contributed by atoms with van der Waals surface area (Å²) in [5.74, 6) is -2.80. The van der Waals surface area contributed by atoms with E-state index in [2.05, 4.69) is 0 Å². The lowest BCUT2D eigenvalue weighted by Crippen LogP contribution is -2.29. The highest BCUT2D eigenvalue weighted by Gasteiger charge is 2.77. The molecule has 0 aromatic rings. The van der Waals surface area contributed by atoms with Crippen LogP contribution in [0, 0.1) is 11.3 Å². The predicted octanol–water partition coefficient (Wildman–Crippen LogP) is 2.16. The van der Waals surface area contributed by atoms with Gasteiger partial charge in [-0.2, -0.15) is 0 Å². The molecule has 1 nitrogen and oxygen atoms in total. The Morgan fingerprint density at radius 3 is 2.00 bits per heavy atom. The first kappa shape index (κ1) is 8.42. The quantitative estimate of drug-likeness (QED) is 0.600. The van der Waals surface area contributed by atoms with Gasteiger partial charge in [0, 0.05) is 17.4 Å². The Bertz CT molecular complexity index is 195. The molecular formula is C9H15F2N. The van der Waals surface area contributed by atoms with Crippen molar-refractivity contribution >= 4 is 0 Å². The smallest absolute Gasteiger partial charge is 0.257 e. The first-order valence-corrected chi connectivity index (χ1v) is 4.64. The lowest BCUT2D eigenvalue weighted by molar-refractivity contribution is 0.0425. The van der Waals surface area contributed by atoms with Crippen LogP contribution in [0.25, 0.3) is 0 Å². The van der Waals surface area contributed by atoms with Crippen molar-refractivity contribution < 1.29 is 8.78 Å². The highest BCUT2D eigenvalue weighted by atomic mass is 19.3. The Morgan fingerprint density at radius 1 is 1.25 bits per heavy atom. The van der Waals surface area contributed by atoms with Crippen LogP contribution in [0.1, 0.15) is 32.6 Å². The largest absolute Gasteiger partial charge is 0.328 e. The first-order chi connectivity index (χ1) is 5.51. The maximum absolute atomic E-state index is 13.2. The third-order valence-electron chi connectivity index (χ3n) is 3.88. The van der Waals surface area contributed by atoms with Crippen LogP contribution in [0.3, 0.4) is 0 Å². The van der Waals surface area contributed by atoms with Crippen LogP contribution in [0.5, 0.6) is 0 Å². The summed E-state index contributed by atoms with van der Waals surface area (Å²) in [5.41, 5.74) is 5.02. The van der Waals surface area contributed by atoms with Crippen LogP contribution >= 0.6 is 0 Å². The highest BCUT2D eigenvalue weighted by molar-refractivity contribution is 5.17. The van der Waals surface area contributed by atoms with E-state index in [4.69, 9.17) is 5.73 Å². The highest BCUT2D eigenvalue weighted by Crippen LogP contribution is 2.71. The second-order valence-corrected chi connectivity index (χ2v) is 4.34. The van der Waals surface area contributed by atoms with Crippen molar-refractivity contribution in [3.8, 4) is 0 Å². The van der Waals surface area contributed by atoms with Crippen molar-refractivity contribution in [3.63, 3.8) is 0 Å². The van der Waals surface area contributed by atoms with Crippen LogP contribution in [-0.4, -0.2) is 12.0 Å². The molecule has 0 amide bonds. The number of hydrogen-bond acceptors (Lipinski definition) is 1. The van der Waals surface area contributed by atoms with E-state index in [1.54, 1.807) is 6.92 Å². The van der Waals surface area contributed by atoms with Crippen LogP contribution in [-0.2, 0) is 0 Å². The van der Waals surface area contributed by atoms with Crippen molar-refractivity contribution in [1.29, 1.82) is 0 Å². The van der Waals surface area contributed by atoms with Crippen LogP contribution < -0.4 is 5.73 Å². The van der Waals surface area contributed by atoms with E-state index in [9.17, 15) is 8.78 Å². The summed E-state index contributed by atoms with van der Waals surface area (Å²) in [5, 5.41) is 0. The third kappa shape index (κ3) is 0.804. The van der Waals surface area contributed by atoms with Crippen molar-refractivity contribution in [1.82, 2.24) is 0 Å². The number of hydrogen-bond donors (Lipinski definition) is 1. The Balaban J connectivity index is 2.07. The SMILES string of the molecule is CC1C(F)(F)C12CCC(N)CC2. The summed E-state index contributed by atoms with van der Waals surface area (Å²) >= 11 is 0. The Kier molecular flexibility index (Phi) is 1.54. The summed E-state index contributed by atoms with van der Waals surface area (Å²) in [6.07, 6.45) is 2.81. The molecule has 1 atom stereocenters. The molecule has 70 valence electrons. The molecule has 2 fully saturated rings. The summed E-state index contributed by atoms with van der Waals surface area (Å²) in [6.45, 7) is 1.66. The van der Waals surface area contributed by atoms with Gasteiger partial charge < -0.3 is 5.73 Å². The van der Waals surface area contributed by atoms with Gasteiger partial charge in [-0.05, 0) is 25.7 Å². The van der Waals surface area contributed by atoms with Crippen molar-refractivity contribution in [3.05, 3.63) is 0 Å². The van der Waals surface area contributed by atoms with E-state index >= 15 is 0 Å². The predicted molar refractivity (Wildman–Crippen MR) is 43.0 cm³/mol. The van der Waals surface area contributed by atoms with Gasteiger partial charge in [-0.1, -0.05) is 6.92 Å². The minimum Gasteiger partial charge on any atom is -0.328 e. The summed E-state index contributed by atoms with van der Waals surface area (Å²) in [6, 6.07) is 0.166. The average Bonchev–Trinajstić information content (AvgIpc) is 2.42. The summed E-state index contributed by atoms with van der Waals surface area (Å²) in [4.78, 5) is 0. The molecular weight excluding hydrogens is 160 g/mol. The van der Waals surface area contributed by atoms with Crippen molar-refractivity contribution in [2.45, 2.75) is 44.6 Å². The molecule has 0 saturated heterocycles. The molecule has 2 rings (SSSR count). The lowest BCUT2D eigenvalue weighted by Gasteiger charge is -2.26. The second kappa shape index (κ2) is 2.19. The van der Waals surface area contributed by atoms with E-state index in [1.165, 1.54) is 0 Å². The molecule has 3 heteroatoms. The van der Waals surface area contributed by atoms with Crippen LogP contribution in [0.15, 0.2) is 0 Å². The molecule has 12 heavy (non-hydrogen) atoms. The van der Waals surface area contributed by atoms with E-state index in [0.29, 0.717) is 12.8 Å². The monoisotopic (exact) mass is 175 g/mol. The number of alkyl halides is 2. The molecule has 0 aromatic carbocycles. The molecule has 0 radical (unpaired) electrons. The average molecular weight is 175 g/mol. The van der Waals surface area contributed by atoms with E-state index < -0.39 is 17.3 Å². The second-order valence-electron chi connectivity index (χ2n) is 4.34. The van der Waals surface area contributed by atoms with Gasteiger partial charge in [-0.15, -0.1) is 0 Å². The molecule has 1 spiro atoms. The maximum Gasteiger partial charge on any atom is 0.257 e. The topological polar surface area (TPSA) is 26.0 Å². The third-order valence-corrected chi connectivity index (χ3v) is 3.88. The zero-order valence-corrected chi connectivity index (χ0v) is 7.32. The Morgan fingerprint density at radius 2 is 1.67 bits per heavy atom. The first-order valence-electron chi connectivity index (χ1n) is 4.64. The summed E-state index contributed by atoms with van der Waals surface area (Å²) < 4.78 is 26.3. The van der Waals surface area contributed by atoms with Gasteiger partial charge >= 0.3 is 0 Å². The molecule has 0 aromatic heterocycles. The Labute approximate surface area is 71.3 Å². The molecule has 2 aliphatic carbocycles. The zero-order valence-electron chi connectivity index (χ0n) is 7.32. The van der Waals surface area contributed by atoms with Crippen LogP contribution in [0.4, 0.5) is 8.78 Å². The number of nitrogens with two attached hydrogens (primary N) is 1. The van der Waals surface area contributed by atoms with E-state index in [1.807, 2.05) is 0 Å². The Hall–Kier alpha value is -0.180. The van der Waals surface area contributed by atoms with Gasteiger partial charge in [-0.25, -0.2) is 8.78 Å². The standard InChI is InChI=1S/C9H15F2N/c1-6-8(9(6,10)11)4-2-7(12)3-5-8/h6-7H,2-5,12H2,1H3. The minimum absolute atomic E-state index is 0.166. The van der Waals surface area contributed by atoms with E-state index in [-0.39, 0.29) is 6.04 Å². The summed E-state index contributed by atoms with van der Waals surface area (Å²) in [7, 11) is 0. The molecule has 1 unspecified atom stereocenters. The van der Waals surface area contributed by atoms with E-state index in [0.717, 1.165) is 12.8 Å². The number of halogens is 2. The fourth-order valence-electron chi connectivity index (χ4n) is 2.63. The normalized spacial score (nSPS) is 51.0. The molecule has 0 heterocycles. The van der Waals surface area contributed by atoms with Crippen LogP contribution in [0.2, 0.25) is 0 Å². The molecule has 2 N–H and O–H groups in total. The maximum atomic E-state index is 13.2. The fourth-order valence-corrected chi connectivity index (χ4v) is 2.63. The molecule has 2 aliphatic rings. The van der Waals surface area contributed by atoms with Gasteiger partial charge in [0.1, 0.15) is 0 Å². The molecule has 0 aliphatic heterocycles. The van der Waals surface area contributed by atoms with Gasteiger partial charge in [0.2, 0.25) is 0 Å². The molecule has 0 bridgehead atoms. The molecule has 2 saturated carbocycles.